The first-order valence-electron chi connectivity index (χ1n) is 15.5. The number of hydrogen-bond donors (Lipinski definition) is 1. The van der Waals surface area contributed by atoms with E-state index in [0.29, 0.717) is 11.8 Å². The fourth-order valence-electron chi connectivity index (χ4n) is 6.80. The van der Waals surface area contributed by atoms with Crippen molar-refractivity contribution < 1.29 is 8.98 Å². The summed E-state index contributed by atoms with van der Waals surface area (Å²) < 4.78 is 10.7. The molecule has 220 valence electrons. The molecular weight excluding hydrogens is 580 g/mol. The highest BCUT2D eigenvalue weighted by molar-refractivity contribution is 6.10. The molecule has 4 aromatic heterocycles. The molecule has 0 unspecified atom stereocenters. The second-order valence-corrected chi connectivity index (χ2v) is 11.7. The molecule has 0 saturated heterocycles. The molecule has 7 heteroatoms. The van der Waals surface area contributed by atoms with E-state index in [1.165, 1.54) is 10.8 Å². The third-order valence-corrected chi connectivity index (χ3v) is 8.98. The van der Waals surface area contributed by atoms with E-state index in [9.17, 15) is 0 Å². The lowest BCUT2D eigenvalue weighted by Gasteiger charge is -2.08. The van der Waals surface area contributed by atoms with Crippen molar-refractivity contribution in [3.05, 3.63) is 146 Å². The van der Waals surface area contributed by atoms with Gasteiger partial charge in [-0.2, -0.15) is 4.57 Å². The van der Waals surface area contributed by atoms with E-state index in [2.05, 4.69) is 140 Å². The van der Waals surface area contributed by atoms with Gasteiger partial charge in [-0.25, -0.2) is 4.98 Å². The molecule has 0 fully saturated rings. The highest BCUT2D eigenvalue weighted by atomic mass is 16.4. The molecule has 0 aliphatic heterocycles. The van der Waals surface area contributed by atoms with Crippen LogP contribution in [0.4, 0.5) is 0 Å². The van der Waals surface area contributed by atoms with Gasteiger partial charge in [0.15, 0.2) is 0 Å². The summed E-state index contributed by atoms with van der Waals surface area (Å²) in [4.78, 5) is 8.68. The van der Waals surface area contributed by atoms with Gasteiger partial charge in [0, 0.05) is 61.9 Å². The van der Waals surface area contributed by atoms with E-state index < -0.39 is 0 Å². The van der Waals surface area contributed by atoms with Gasteiger partial charge in [-0.1, -0.05) is 78.9 Å². The Morgan fingerprint density at radius 1 is 0.553 bits per heavy atom. The highest BCUT2D eigenvalue weighted by Crippen LogP contribution is 2.35. The summed E-state index contributed by atoms with van der Waals surface area (Å²) in [6, 6.07) is 47.9. The number of para-hydroxylation sites is 5. The van der Waals surface area contributed by atoms with Gasteiger partial charge in [0.1, 0.15) is 5.52 Å². The Kier molecular flexibility index (Phi) is 5.44. The van der Waals surface area contributed by atoms with Gasteiger partial charge in [-0.3, -0.25) is 4.57 Å². The van der Waals surface area contributed by atoms with Gasteiger partial charge in [0.05, 0.1) is 11.0 Å². The van der Waals surface area contributed by atoms with Gasteiger partial charge in [-0.15, -0.1) is 10.2 Å². The lowest BCUT2D eigenvalue weighted by Crippen LogP contribution is -2.32. The normalized spacial score (nSPS) is 11.8. The van der Waals surface area contributed by atoms with Crippen LogP contribution in [0.3, 0.4) is 0 Å². The van der Waals surface area contributed by atoms with Crippen LogP contribution in [-0.2, 0) is 0 Å². The minimum Gasteiger partial charge on any atom is -0.416 e. The maximum Gasteiger partial charge on any atom is 0.248 e. The Labute approximate surface area is 268 Å². The van der Waals surface area contributed by atoms with Gasteiger partial charge in [-0.05, 0) is 42.5 Å². The highest BCUT2D eigenvalue weighted by Gasteiger charge is 2.21. The number of aromatic amines is 1. The van der Waals surface area contributed by atoms with Crippen LogP contribution in [0.15, 0.2) is 150 Å². The Hall–Kier alpha value is -6.60. The fraction of sp³-hybridized carbons (Fsp3) is 0. The smallest absolute Gasteiger partial charge is 0.248 e. The molecule has 1 N–H and O–H groups in total. The van der Waals surface area contributed by atoms with Gasteiger partial charge >= 0.3 is 0 Å². The molecule has 0 bridgehead atoms. The van der Waals surface area contributed by atoms with Crippen LogP contribution < -0.4 is 4.57 Å². The molecule has 10 rings (SSSR count). The summed E-state index contributed by atoms with van der Waals surface area (Å²) >= 11 is 0. The van der Waals surface area contributed by atoms with E-state index >= 15 is 0 Å². The molecule has 47 heavy (non-hydrogen) atoms. The van der Waals surface area contributed by atoms with Crippen LogP contribution in [0.25, 0.3) is 89.1 Å². The van der Waals surface area contributed by atoms with Crippen LogP contribution in [0.2, 0.25) is 0 Å². The predicted molar refractivity (Wildman–Crippen MR) is 186 cm³/mol. The summed E-state index contributed by atoms with van der Waals surface area (Å²) in [5.74, 6) is 1.75. The lowest BCUT2D eigenvalue weighted by molar-refractivity contribution is -0.567. The number of hydrogen-bond acceptors (Lipinski definition) is 4. The van der Waals surface area contributed by atoms with Crippen LogP contribution in [0.5, 0.6) is 0 Å². The average molecular weight is 606 g/mol. The van der Waals surface area contributed by atoms with E-state index in [-0.39, 0.29) is 0 Å². The molecule has 0 amide bonds. The monoisotopic (exact) mass is 605 g/mol. The van der Waals surface area contributed by atoms with E-state index in [4.69, 9.17) is 9.40 Å². The largest absolute Gasteiger partial charge is 0.416 e. The predicted octanol–water partition coefficient (Wildman–Crippen LogP) is 8.96. The molecule has 10 aromatic rings. The van der Waals surface area contributed by atoms with Crippen LogP contribution in [0, 0.1) is 0 Å². The first-order valence-corrected chi connectivity index (χ1v) is 15.5. The second-order valence-electron chi connectivity index (χ2n) is 11.7. The molecule has 0 atom stereocenters. The maximum atomic E-state index is 6.32. The van der Waals surface area contributed by atoms with Crippen molar-refractivity contribution in [2.75, 3.05) is 0 Å². The van der Waals surface area contributed by atoms with Crippen LogP contribution in [-0.4, -0.2) is 24.7 Å². The number of aromatic nitrogens is 6. The van der Waals surface area contributed by atoms with E-state index in [0.717, 1.165) is 66.5 Å². The first kappa shape index (κ1) is 25.7. The molecular formula is C40H25N6O+. The molecule has 7 nitrogen and oxygen atoms in total. The Balaban J connectivity index is 1.14. The van der Waals surface area contributed by atoms with Gasteiger partial charge < -0.3 is 9.40 Å². The molecule has 0 spiro atoms. The zero-order valence-electron chi connectivity index (χ0n) is 25.0. The average Bonchev–Trinajstić information content (AvgIpc) is 3.85. The summed E-state index contributed by atoms with van der Waals surface area (Å²) in [5.41, 5.74) is 8.92. The van der Waals surface area contributed by atoms with Crippen LogP contribution in [0.1, 0.15) is 0 Å². The summed E-state index contributed by atoms with van der Waals surface area (Å²) in [5, 5.41) is 13.6. The molecule has 0 aliphatic carbocycles. The van der Waals surface area contributed by atoms with Crippen molar-refractivity contribution >= 4 is 54.6 Å². The molecule has 6 aromatic carbocycles. The number of rotatable bonds is 4. The Morgan fingerprint density at radius 3 is 2.09 bits per heavy atom. The van der Waals surface area contributed by atoms with Gasteiger partial charge in [0.2, 0.25) is 35.0 Å². The quantitative estimate of drug-likeness (QED) is 0.203. The van der Waals surface area contributed by atoms with E-state index in [1.54, 1.807) is 0 Å². The maximum absolute atomic E-state index is 6.32. The van der Waals surface area contributed by atoms with Crippen molar-refractivity contribution in [3.8, 4) is 34.4 Å². The van der Waals surface area contributed by atoms with E-state index in [1.807, 2.05) is 30.3 Å². The molecule has 4 heterocycles. The minimum atomic E-state index is 0.460. The zero-order valence-corrected chi connectivity index (χ0v) is 25.0. The number of nitrogens with zero attached hydrogens (tertiary/aromatic N) is 5. The van der Waals surface area contributed by atoms with Crippen molar-refractivity contribution in [1.82, 2.24) is 24.7 Å². The van der Waals surface area contributed by atoms with Crippen LogP contribution >= 0.6 is 0 Å². The molecule has 0 aliphatic rings. The number of nitrogens with one attached hydrogen (secondary N) is 1. The SMILES string of the molecule is c1ccc(-[n+]2cc(-n3c4ccccc4c4ccc(-c5nnc(-c6ccc7c(c6)[nH]c6ccccc67)o5)cc43)nc3ccccc32)cc1. The van der Waals surface area contributed by atoms with Crippen molar-refractivity contribution in [2.24, 2.45) is 0 Å². The lowest BCUT2D eigenvalue weighted by atomic mass is 10.1. The topological polar surface area (TPSA) is 76.4 Å². The fourth-order valence-corrected chi connectivity index (χ4v) is 6.80. The minimum absolute atomic E-state index is 0.460. The Morgan fingerprint density at radius 2 is 1.21 bits per heavy atom. The third-order valence-electron chi connectivity index (χ3n) is 8.98. The van der Waals surface area contributed by atoms with Crippen molar-refractivity contribution in [2.45, 2.75) is 0 Å². The number of fused-ring (bicyclic) bond motifs is 7. The Bertz CT molecular complexity index is 2810. The number of benzene rings is 6. The zero-order chi connectivity index (χ0) is 30.9. The molecule has 0 saturated carbocycles. The molecule has 0 radical (unpaired) electrons. The summed E-state index contributed by atoms with van der Waals surface area (Å²) in [6.07, 6.45) is 2.11. The van der Waals surface area contributed by atoms with Crippen molar-refractivity contribution in [1.29, 1.82) is 0 Å². The summed E-state index contributed by atoms with van der Waals surface area (Å²) in [7, 11) is 0. The standard InChI is InChI=1S/C40H25N6O/c1-2-10-27(11-3-1)45-24-38(42-33-15-7-9-17-36(33)45)46-35-16-8-5-13-30(35)31-21-19-26(23-37(31)46)40-44-43-39(47-40)25-18-20-29-28-12-4-6-14-32(28)41-34(29)22-25/h1-24,41H/q+1. The van der Waals surface area contributed by atoms with Gasteiger partial charge in [0.25, 0.3) is 0 Å². The third kappa shape index (κ3) is 4.00. The first-order chi connectivity index (χ1) is 23.3. The summed E-state index contributed by atoms with van der Waals surface area (Å²) in [6.45, 7) is 0. The second kappa shape index (κ2) is 9.95. The number of H-pyrrole nitrogens is 1. The van der Waals surface area contributed by atoms with Crippen molar-refractivity contribution in [3.63, 3.8) is 0 Å².